The molecule has 6 heteroatoms. The summed E-state index contributed by atoms with van der Waals surface area (Å²) >= 11 is 0. The standard InChI is InChI=1S/C19H33NO5/c1-3-4-5-6-7-8-9-10-11-12-13-16(24-19(23)20-2)15-14-17(21)25-18(15)22/h14,16,18,22H,3-13H2,1-2H3,(H,20,23). The Morgan fingerprint density at radius 2 is 1.72 bits per heavy atom. The summed E-state index contributed by atoms with van der Waals surface area (Å²) in [6, 6.07) is 0. The minimum absolute atomic E-state index is 0.324. The minimum atomic E-state index is -1.31. The lowest BCUT2D eigenvalue weighted by atomic mass is 10.0. The molecular formula is C19H33NO5. The maximum atomic E-state index is 11.5. The van der Waals surface area contributed by atoms with E-state index in [1.165, 1.54) is 58.1 Å². The van der Waals surface area contributed by atoms with Crippen molar-refractivity contribution < 1.29 is 24.2 Å². The molecule has 1 rings (SSSR count). The van der Waals surface area contributed by atoms with Crippen molar-refractivity contribution in [2.24, 2.45) is 0 Å². The van der Waals surface area contributed by atoms with Crippen LogP contribution in [0.2, 0.25) is 0 Å². The summed E-state index contributed by atoms with van der Waals surface area (Å²) in [5.74, 6) is -0.601. The van der Waals surface area contributed by atoms with Gasteiger partial charge >= 0.3 is 12.1 Å². The average Bonchev–Trinajstić information content (AvgIpc) is 2.93. The molecule has 1 aliphatic heterocycles. The lowest BCUT2D eigenvalue weighted by molar-refractivity contribution is -0.152. The SMILES string of the molecule is CCCCCCCCCCCCC(OC(=O)NC)C1=CC(=O)OC1O. The number of aliphatic hydroxyl groups excluding tert-OH is 1. The van der Waals surface area contributed by atoms with Crippen LogP contribution in [0.15, 0.2) is 11.6 Å². The lowest BCUT2D eigenvalue weighted by Crippen LogP contribution is -2.30. The number of hydrogen-bond donors (Lipinski definition) is 2. The average molecular weight is 355 g/mol. The molecule has 1 aliphatic rings. The number of nitrogens with one attached hydrogen (secondary N) is 1. The van der Waals surface area contributed by atoms with E-state index in [-0.39, 0.29) is 0 Å². The van der Waals surface area contributed by atoms with E-state index in [1.807, 2.05) is 0 Å². The smallest absolute Gasteiger partial charge is 0.407 e. The molecule has 0 aliphatic carbocycles. The molecule has 1 heterocycles. The molecule has 1 amide bonds. The van der Waals surface area contributed by atoms with Crippen LogP contribution in [0.1, 0.15) is 77.6 Å². The minimum Gasteiger partial charge on any atom is -0.441 e. The van der Waals surface area contributed by atoms with Crippen LogP contribution < -0.4 is 5.32 Å². The van der Waals surface area contributed by atoms with Crippen molar-refractivity contribution in [3.8, 4) is 0 Å². The molecular weight excluding hydrogens is 322 g/mol. The van der Waals surface area contributed by atoms with Gasteiger partial charge < -0.3 is 19.9 Å². The summed E-state index contributed by atoms with van der Waals surface area (Å²) in [7, 11) is 1.47. The van der Waals surface area contributed by atoms with Gasteiger partial charge in [-0.05, 0) is 12.8 Å². The number of aliphatic hydroxyl groups is 1. The van der Waals surface area contributed by atoms with E-state index >= 15 is 0 Å². The highest BCUT2D eigenvalue weighted by Gasteiger charge is 2.32. The number of carbonyl (C=O) groups excluding carboxylic acids is 2. The maximum Gasteiger partial charge on any atom is 0.407 e. The summed E-state index contributed by atoms with van der Waals surface area (Å²) in [5, 5.41) is 12.1. The molecule has 25 heavy (non-hydrogen) atoms. The molecule has 2 N–H and O–H groups in total. The van der Waals surface area contributed by atoms with Crippen LogP contribution >= 0.6 is 0 Å². The molecule has 0 radical (unpaired) electrons. The van der Waals surface area contributed by atoms with Gasteiger partial charge in [0.15, 0.2) is 0 Å². The zero-order valence-electron chi connectivity index (χ0n) is 15.6. The van der Waals surface area contributed by atoms with E-state index in [0.29, 0.717) is 12.0 Å². The van der Waals surface area contributed by atoms with Crippen molar-refractivity contribution >= 4 is 12.1 Å². The van der Waals surface area contributed by atoms with Crippen LogP contribution in [-0.2, 0) is 14.3 Å². The molecule has 2 unspecified atom stereocenters. The number of hydrogen-bond acceptors (Lipinski definition) is 5. The van der Waals surface area contributed by atoms with E-state index in [2.05, 4.69) is 17.0 Å². The quantitative estimate of drug-likeness (QED) is 0.387. The van der Waals surface area contributed by atoms with Crippen LogP contribution in [0.3, 0.4) is 0 Å². The van der Waals surface area contributed by atoms with Crippen molar-refractivity contribution in [3.63, 3.8) is 0 Å². The second-order valence-corrected chi connectivity index (χ2v) is 6.55. The fraction of sp³-hybridized carbons (Fsp3) is 0.789. The van der Waals surface area contributed by atoms with Gasteiger partial charge in [-0.3, -0.25) is 0 Å². The largest absolute Gasteiger partial charge is 0.441 e. The van der Waals surface area contributed by atoms with Gasteiger partial charge in [0.05, 0.1) is 0 Å². The number of alkyl carbamates (subject to hydrolysis) is 1. The predicted molar refractivity (Wildman–Crippen MR) is 96.0 cm³/mol. The molecule has 0 aromatic carbocycles. The fourth-order valence-corrected chi connectivity index (χ4v) is 2.97. The maximum absolute atomic E-state index is 11.5. The molecule has 0 aromatic heterocycles. The van der Waals surface area contributed by atoms with Crippen LogP contribution in [-0.4, -0.2) is 36.6 Å². The third-order valence-electron chi connectivity index (χ3n) is 4.44. The molecule has 0 spiro atoms. The molecule has 144 valence electrons. The lowest BCUT2D eigenvalue weighted by Gasteiger charge is -2.20. The number of unbranched alkanes of at least 4 members (excludes halogenated alkanes) is 9. The topological polar surface area (TPSA) is 84.9 Å². The highest BCUT2D eigenvalue weighted by atomic mass is 16.6. The monoisotopic (exact) mass is 355 g/mol. The predicted octanol–water partition coefficient (Wildman–Crippen LogP) is 3.82. The van der Waals surface area contributed by atoms with Crippen molar-refractivity contribution in [1.82, 2.24) is 5.32 Å². The first kappa shape index (κ1) is 21.5. The molecule has 6 nitrogen and oxygen atoms in total. The number of amides is 1. The Balaban J connectivity index is 2.24. The van der Waals surface area contributed by atoms with Crippen molar-refractivity contribution in [1.29, 1.82) is 0 Å². The highest BCUT2D eigenvalue weighted by Crippen LogP contribution is 2.24. The third-order valence-corrected chi connectivity index (χ3v) is 4.44. The Bertz CT molecular complexity index is 436. The second-order valence-electron chi connectivity index (χ2n) is 6.55. The number of rotatable bonds is 13. The summed E-state index contributed by atoms with van der Waals surface area (Å²) in [6.07, 6.45) is 11.4. The molecule has 0 saturated heterocycles. The van der Waals surface area contributed by atoms with Gasteiger partial charge in [0, 0.05) is 18.7 Å². The number of cyclic esters (lactones) is 1. The summed E-state index contributed by atoms with van der Waals surface area (Å²) in [5.41, 5.74) is 0.324. The highest BCUT2D eigenvalue weighted by molar-refractivity contribution is 5.86. The molecule has 0 aromatic rings. The van der Waals surface area contributed by atoms with Gasteiger partial charge in [0.1, 0.15) is 6.10 Å². The normalized spacial score (nSPS) is 17.8. The van der Waals surface area contributed by atoms with Gasteiger partial charge in [-0.1, -0.05) is 64.7 Å². The van der Waals surface area contributed by atoms with Crippen molar-refractivity contribution in [3.05, 3.63) is 11.6 Å². The molecule has 0 bridgehead atoms. The first-order valence-corrected chi connectivity index (χ1v) is 9.57. The Labute approximate surface area is 151 Å². The number of esters is 1. The van der Waals surface area contributed by atoms with Gasteiger partial charge in [0.25, 0.3) is 0 Å². The molecule has 0 fully saturated rings. The fourth-order valence-electron chi connectivity index (χ4n) is 2.97. The van der Waals surface area contributed by atoms with Gasteiger partial charge in [-0.2, -0.15) is 0 Å². The van der Waals surface area contributed by atoms with Crippen LogP contribution in [0.4, 0.5) is 4.79 Å². The van der Waals surface area contributed by atoms with Gasteiger partial charge in [0.2, 0.25) is 6.29 Å². The molecule has 0 saturated carbocycles. The summed E-state index contributed by atoms with van der Waals surface area (Å²) < 4.78 is 9.96. The second kappa shape index (κ2) is 12.8. The summed E-state index contributed by atoms with van der Waals surface area (Å²) in [4.78, 5) is 22.7. The van der Waals surface area contributed by atoms with Crippen molar-refractivity contribution in [2.45, 2.75) is 89.9 Å². The number of carbonyl (C=O) groups is 2. The van der Waals surface area contributed by atoms with Gasteiger partial charge in [-0.15, -0.1) is 0 Å². The van der Waals surface area contributed by atoms with E-state index in [0.717, 1.165) is 19.3 Å². The van der Waals surface area contributed by atoms with Gasteiger partial charge in [-0.25, -0.2) is 9.59 Å². The zero-order valence-corrected chi connectivity index (χ0v) is 15.6. The van der Waals surface area contributed by atoms with E-state index in [1.54, 1.807) is 0 Å². The van der Waals surface area contributed by atoms with Crippen LogP contribution in [0.5, 0.6) is 0 Å². The Hall–Kier alpha value is -1.56. The van der Waals surface area contributed by atoms with Crippen LogP contribution in [0.25, 0.3) is 0 Å². The Morgan fingerprint density at radius 1 is 1.16 bits per heavy atom. The van der Waals surface area contributed by atoms with Crippen molar-refractivity contribution in [2.75, 3.05) is 7.05 Å². The third kappa shape index (κ3) is 8.91. The van der Waals surface area contributed by atoms with E-state index in [4.69, 9.17) is 4.74 Å². The Morgan fingerprint density at radius 3 is 2.20 bits per heavy atom. The number of ether oxygens (including phenoxy) is 2. The first-order chi connectivity index (χ1) is 12.1. The van der Waals surface area contributed by atoms with Crippen LogP contribution in [0, 0.1) is 0 Å². The Kier molecular flexibility index (Phi) is 11.0. The zero-order chi connectivity index (χ0) is 18.5. The van der Waals surface area contributed by atoms with E-state index in [9.17, 15) is 14.7 Å². The first-order valence-electron chi connectivity index (χ1n) is 9.57. The summed E-state index contributed by atoms with van der Waals surface area (Å²) in [6.45, 7) is 2.23. The molecule has 2 atom stereocenters. The van der Waals surface area contributed by atoms with E-state index < -0.39 is 24.5 Å².